The quantitative estimate of drug-likeness (QED) is 0.125. The highest BCUT2D eigenvalue weighted by atomic mass is 16.5. The lowest BCUT2D eigenvalue weighted by Gasteiger charge is -2.39. The first-order chi connectivity index (χ1) is 27.8. The molecule has 1 saturated carbocycles. The number of nitrogens with one attached hydrogen (secondary N) is 1. The number of nitrogens with zero attached hydrogens (tertiary/aromatic N) is 5. The smallest absolute Gasteiger partial charge is 0.262 e. The molecule has 4 aliphatic rings. The molecule has 9 rings (SSSR count). The van der Waals surface area contributed by atoms with E-state index in [1.807, 2.05) is 41.7 Å². The van der Waals surface area contributed by atoms with Gasteiger partial charge in [0.2, 0.25) is 17.7 Å². The van der Waals surface area contributed by atoms with E-state index in [0.717, 1.165) is 64.6 Å². The number of aromatic nitrogens is 3. The maximum atomic E-state index is 13.2. The average molecular weight is 771 g/mol. The third kappa shape index (κ3) is 7.20. The molecule has 2 saturated heterocycles. The first-order valence-corrected chi connectivity index (χ1v) is 20.1. The second kappa shape index (κ2) is 15.6. The maximum absolute atomic E-state index is 13.2. The Morgan fingerprint density at radius 2 is 1.63 bits per heavy atom. The molecule has 3 fully saturated rings. The molecule has 0 bridgehead atoms. The highest BCUT2D eigenvalue weighted by Crippen LogP contribution is 2.35. The van der Waals surface area contributed by atoms with Crippen molar-refractivity contribution in [2.45, 2.75) is 69.6 Å². The number of imide groups is 1. The van der Waals surface area contributed by atoms with E-state index in [0.29, 0.717) is 69.3 Å². The Morgan fingerprint density at radius 1 is 0.825 bits per heavy atom. The average Bonchev–Trinajstić information content (AvgIpc) is 3.65. The Bertz CT molecular complexity index is 2340. The summed E-state index contributed by atoms with van der Waals surface area (Å²) in [4.78, 5) is 63.5. The lowest BCUT2D eigenvalue weighted by atomic mass is 9.81. The van der Waals surface area contributed by atoms with Crippen molar-refractivity contribution in [3.8, 4) is 22.8 Å². The summed E-state index contributed by atoms with van der Waals surface area (Å²) < 4.78 is 20.4. The molecule has 3 aromatic heterocycles. The maximum Gasteiger partial charge on any atom is 0.262 e. The number of hydrogen-bond acceptors (Lipinski definition) is 9. The van der Waals surface area contributed by atoms with E-state index in [9.17, 15) is 19.2 Å². The third-order valence-electron chi connectivity index (χ3n) is 12.0. The second-order valence-electron chi connectivity index (χ2n) is 15.6. The first-order valence-electron chi connectivity index (χ1n) is 20.1. The van der Waals surface area contributed by atoms with Crippen LogP contribution in [0.3, 0.4) is 0 Å². The van der Waals surface area contributed by atoms with Crippen LogP contribution in [0, 0.1) is 5.92 Å². The van der Waals surface area contributed by atoms with Crippen LogP contribution in [0.15, 0.2) is 73.2 Å². The minimum Gasteiger partial charge on any atom is -0.494 e. The highest BCUT2D eigenvalue weighted by molar-refractivity contribution is 6.23. The number of unbranched alkanes of at least 4 members (excludes halogenated alkanes) is 1. The molecule has 57 heavy (non-hydrogen) atoms. The number of ether oxygens (including phenoxy) is 3. The summed E-state index contributed by atoms with van der Waals surface area (Å²) in [5.41, 5.74) is 4.98. The number of piperidine rings is 2. The summed E-state index contributed by atoms with van der Waals surface area (Å²) in [5.74, 6) is 0.115. The number of rotatable bonds is 12. The normalized spacial score (nSPS) is 21.1. The zero-order valence-electron chi connectivity index (χ0n) is 32.0. The molecule has 3 aliphatic heterocycles. The van der Waals surface area contributed by atoms with Crippen molar-refractivity contribution in [2.75, 3.05) is 32.8 Å². The van der Waals surface area contributed by atoms with Gasteiger partial charge in [0.15, 0.2) is 0 Å². The van der Waals surface area contributed by atoms with E-state index in [1.54, 1.807) is 18.2 Å². The number of fused-ring (bicyclic) bond motifs is 4. The van der Waals surface area contributed by atoms with Crippen molar-refractivity contribution in [1.82, 2.24) is 29.7 Å². The van der Waals surface area contributed by atoms with Gasteiger partial charge in [0, 0.05) is 85.7 Å². The van der Waals surface area contributed by atoms with Crippen LogP contribution in [-0.4, -0.2) is 99.1 Å². The molecular formula is C44H46N6O7. The summed E-state index contributed by atoms with van der Waals surface area (Å²) in [6.07, 6.45) is 11.5. The monoisotopic (exact) mass is 770 g/mol. The van der Waals surface area contributed by atoms with Crippen molar-refractivity contribution in [2.24, 2.45) is 13.0 Å². The van der Waals surface area contributed by atoms with Crippen molar-refractivity contribution in [3.05, 3.63) is 84.3 Å². The van der Waals surface area contributed by atoms with Gasteiger partial charge in [-0.3, -0.25) is 29.1 Å². The predicted molar refractivity (Wildman–Crippen MR) is 212 cm³/mol. The number of hydrogen-bond donors (Lipinski definition) is 1. The zero-order valence-corrected chi connectivity index (χ0v) is 32.0. The Kier molecular flexibility index (Phi) is 10.1. The van der Waals surface area contributed by atoms with E-state index in [4.69, 9.17) is 14.2 Å². The largest absolute Gasteiger partial charge is 0.494 e. The number of carbonyl (C=O) groups excluding carboxylic acids is 4. The molecule has 0 radical (unpaired) electrons. The fourth-order valence-corrected chi connectivity index (χ4v) is 8.65. The van der Waals surface area contributed by atoms with Crippen LogP contribution in [0.2, 0.25) is 0 Å². The molecule has 13 heteroatoms. The van der Waals surface area contributed by atoms with Gasteiger partial charge in [-0.2, -0.15) is 0 Å². The van der Waals surface area contributed by atoms with Crippen LogP contribution in [-0.2, 0) is 21.4 Å². The molecule has 2 aromatic carbocycles. The van der Waals surface area contributed by atoms with E-state index in [-0.39, 0.29) is 35.5 Å². The van der Waals surface area contributed by atoms with E-state index < -0.39 is 17.9 Å². The van der Waals surface area contributed by atoms with Crippen LogP contribution >= 0.6 is 0 Å². The number of benzene rings is 2. The fourth-order valence-electron chi connectivity index (χ4n) is 8.65. The van der Waals surface area contributed by atoms with Gasteiger partial charge in [-0.1, -0.05) is 12.1 Å². The summed E-state index contributed by atoms with van der Waals surface area (Å²) in [7, 11) is 2.07. The molecule has 13 nitrogen and oxygen atoms in total. The van der Waals surface area contributed by atoms with E-state index in [2.05, 4.69) is 45.1 Å². The molecule has 5 aromatic rings. The van der Waals surface area contributed by atoms with Gasteiger partial charge in [-0.25, -0.2) is 4.98 Å². The van der Waals surface area contributed by atoms with Crippen LogP contribution in [0.5, 0.6) is 11.6 Å². The standard InChI is InChI=1S/C44H46N6O7/c1-48-37-12-16-45-26-36(37)33-9-6-27(23-39(33)48)28-7-11-40(47-25-28)57-32-21-29(22-32)42(52)49-17-13-30(14-18-49)55-19-2-3-20-56-31-8-10-34-35(24-31)44(54)50(43(34)53)38-5-4-15-46-41(38)51/h6-12,16,23-26,29-30,32,38H,2-5,13-15,17-22H2,1H3,(H,46,51). The molecule has 294 valence electrons. The van der Waals surface area contributed by atoms with Gasteiger partial charge in [0.05, 0.1) is 29.4 Å². The summed E-state index contributed by atoms with van der Waals surface area (Å²) in [6, 6.07) is 16.6. The van der Waals surface area contributed by atoms with Gasteiger partial charge in [0.1, 0.15) is 17.9 Å². The first kappa shape index (κ1) is 36.8. The minimum atomic E-state index is -0.767. The number of amides is 4. The van der Waals surface area contributed by atoms with Crippen LogP contribution in [0.4, 0.5) is 0 Å². The number of aryl methyl sites for hydroxylation is 1. The number of likely N-dealkylation sites (tertiary alicyclic amines) is 1. The number of carbonyl (C=O) groups is 4. The van der Waals surface area contributed by atoms with Crippen LogP contribution in [0.25, 0.3) is 32.9 Å². The van der Waals surface area contributed by atoms with Crippen molar-refractivity contribution in [3.63, 3.8) is 0 Å². The van der Waals surface area contributed by atoms with Crippen LogP contribution < -0.4 is 14.8 Å². The Labute approximate surface area is 330 Å². The van der Waals surface area contributed by atoms with Crippen molar-refractivity contribution < 1.29 is 33.4 Å². The van der Waals surface area contributed by atoms with Crippen molar-refractivity contribution >= 4 is 45.4 Å². The summed E-state index contributed by atoms with van der Waals surface area (Å²) in [5, 5.41) is 5.06. The zero-order chi connectivity index (χ0) is 39.0. The fraction of sp³-hybridized carbons (Fsp3) is 0.409. The second-order valence-corrected chi connectivity index (χ2v) is 15.6. The summed E-state index contributed by atoms with van der Waals surface area (Å²) >= 11 is 0. The minimum absolute atomic E-state index is 0.0152. The van der Waals surface area contributed by atoms with E-state index in [1.165, 1.54) is 5.39 Å². The molecule has 6 heterocycles. The van der Waals surface area contributed by atoms with Gasteiger partial charge in [-0.15, -0.1) is 0 Å². The van der Waals surface area contributed by atoms with Gasteiger partial charge in [-0.05, 0) is 93.3 Å². The molecule has 1 atom stereocenters. The lowest BCUT2D eigenvalue weighted by molar-refractivity contribution is -0.144. The van der Waals surface area contributed by atoms with E-state index >= 15 is 0 Å². The topological polar surface area (TPSA) is 145 Å². The Balaban J connectivity index is 0.663. The predicted octanol–water partition coefficient (Wildman–Crippen LogP) is 5.69. The van der Waals surface area contributed by atoms with Gasteiger partial charge in [0.25, 0.3) is 11.8 Å². The van der Waals surface area contributed by atoms with Crippen molar-refractivity contribution in [1.29, 1.82) is 0 Å². The SMILES string of the molecule is Cn1c2ccncc2c2ccc(-c3ccc(OC4CC(C(=O)N5CCC(OCCCCOc6ccc7c(c6)C(=O)N(C6CCCNC6=O)C7=O)CC5)C4)nc3)cc21. The third-order valence-corrected chi connectivity index (χ3v) is 12.0. The molecule has 1 unspecified atom stereocenters. The molecule has 1 N–H and O–H groups in total. The van der Waals surface area contributed by atoms with Crippen LogP contribution in [0.1, 0.15) is 72.1 Å². The molecule has 1 aliphatic carbocycles. The Morgan fingerprint density at radius 3 is 2.44 bits per heavy atom. The van der Waals surface area contributed by atoms with Gasteiger partial charge < -0.3 is 29.0 Å². The Hall–Kier alpha value is -5.82. The molecular weight excluding hydrogens is 725 g/mol. The number of pyridine rings is 2. The molecule has 0 spiro atoms. The molecule has 4 amide bonds. The van der Waals surface area contributed by atoms with Gasteiger partial charge >= 0.3 is 0 Å². The lowest BCUT2D eigenvalue weighted by Crippen LogP contribution is -2.52. The summed E-state index contributed by atoms with van der Waals surface area (Å²) in [6.45, 7) is 3.00. The highest BCUT2D eigenvalue weighted by Gasteiger charge is 2.44.